The minimum absolute atomic E-state index is 0.190. The summed E-state index contributed by atoms with van der Waals surface area (Å²) >= 11 is 12.9. The Morgan fingerprint density at radius 1 is 1.15 bits per heavy atom. The van der Waals surface area contributed by atoms with Gasteiger partial charge in [0.1, 0.15) is 11.9 Å². The van der Waals surface area contributed by atoms with Crippen molar-refractivity contribution in [2.24, 2.45) is 0 Å². The summed E-state index contributed by atoms with van der Waals surface area (Å²) in [5, 5.41) is 10.9. The summed E-state index contributed by atoms with van der Waals surface area (Å²) in [5.41, 5.74) is 1.78. The lowest BCUT2D eigenvalue weighted by Gasteiger charge is -2.30. The van der Waals surface area contributed by atoms with Crippen LogP contribution in [-0.2, 0) is 0 Å². The average molecular weight is 419 g/mol. The van der Waals surface area contributed by atoms with Crippen LogP contribution in [0.2, 0.25) is 5.02 Å². The largest absolute Gasteiger partial charge is 0.485 e. The minimum Gasteiger partial charge on any atom is -0.485 e. The SMILES string of the molecule is O[C@@H]1CC(c2ccc(Br)c(Cl)c2)Oc2ccc(Br)cc21. The third-order valence-electron chi connectivity index (χ3n) is 3.35. The zero-order valence-corrected chi connectivity index (χ0v) is 14.2. The van der Waals surface area contributed by atoms with E-state index in [1.807, 2.05) is 36.4 Å². The van der Waals surface area contributed by atoms with Crippen molar-refractivity contribution in [3.05, 3.63) is 61.5 Å². The fourth-order valence-electron chi connectivity index (χ4n) is 2.33. The standard InChI is InChI=1S/C15H11Br2ClO2/c16-9-2-4-14-10(6-9)13(19)7-15(20-14)8-1-3-11(17)12(18)5-8/h1-6,13,15,19H,7H2/t13-,15?/m1/s1. The maximum Gasteiger partial charge on any atom is 0.127 e. The molecular formula is C15H11Br2ClO2. The quantitative estimate of drug-likeness (QED) is 0.670. The number of benzene rings is 2. The summed E-state index contributed by atoms with van der Waals surface area (Å²) in [6.45, 7) is 0. The van der Waals surface area contributed by atoms with Gasteiger partial charge in [0.2, 0.25) is 0 Å². The van der Waals surface area contributed by atoms with E-state index in [4.69, 9.17) is 16.3 Å². The molecule has 5 heteroatoms. The van der Waals surface area contributed by atoms with Gasteiger partial charge >= 0.3 is 0 Å². The van der Waals surface area contributed by atoms with Gasteiger partial charge in [-0.25, -0.2) is 0 Å². The first-order valence-corrected chi connectivity index (χ1v) is 8.10. The molecule has 1 aliphatic heterocycles. The molecule has 1 N–H and O–H groups in total. The summed E-state index contributed by atoms with van der Waals surface area (Å²) < 4.78 is 7.77. The van der Waals surface area contributed by atoms with Gasteiger partial charge in [0.15, 0.2) is 0 Å². The van der Waals surface area contributed by atoms with Crippen molar-refractivity contribution in [1.82, 2.24) is 0 Å². The molecule has 0 saturated carbocycles. The fraction of sp³-hybridized carbons (Fsp3) is 0.200. The normalized spacial score (nSPS) is 21.2. The van der Waals surface area contributed by atoms with Gasteiger partial charge in [-0.15, -0.1) is 0 Å². The molecule has 20 heavy (non-hydrogen) atoms. The number of halogens is 3. The molecule has 3 rings (SSSR count). The first kappa shape index (κ1) is 14.4. The van der Waals surface area contributed by atoms with E-state index in [9.17, 15) is 5.11 Å². The number of ether oxygens (including phenoxy) is 1. The first-order chi connectivity index (χ1) is 9.54. The van der Waals surface area contributed by atoms with Crippen LogP contribution in [0.3, 0.4) is 0 Å². The van der Waals surface area contributed by atoms with E-state index >= 15 is 0 Å². The summed E-state index contributed by atoms with van der Waals surface area (Å²) in [7, 11) is 0. The molecule has 1 heterocycles. The predicted molar refractivity (Wildman–Crippen MR) is 86.2 cm³/mol. The molecule has 104 valence electrons. The number of aliphatic hydroxyl groups excluding tert-OH is 1. The maximum atomic E-state index is 10.3. The topological polar surface area (TPSA) is 29.5 Å². The Balaban J connectivity index is 1.94. The third kappa shape index (κ3) is 2.75. The number of aliphatic hydroxyl groups is 1. The van der Waals surface area contributed by atoms with Crippen molar-refractivity contribution in [3.8, 4) is 5.75 Å². The molecule has 0 aromatic heterocycles. The molecule has 1 unspecified atom stereocenters. The molecule has 0 aliphatic carbocycles. The molecule has 0 amide bonds. The second kappa shape index (κ2) is 5.68. The lowest BCUT2D eigenvalue weighted by Crippen LogP contribution is -2.19. The van der Waals surface area contributed by atoms with Crippen molar-refractivity contribution in [2.75, 3.05) is 0 Å². The lowest BCUT2D eigenvalue weighted by molar-refractivity contribution is 0.0657. The molecule has 2 atom stereocenters. The first-order valence-electron chi connectivity index (χ1n) is 6.13. The van der Waals surface area contributed by atoms with Crippen LogP contribution in [0.15, 0.2) is 45.3 Å². The molecule has 0 radical (unpaired) electrons. The van der Waals surface area contributed by atoms with Crippen molar-refractivity contribution in [1.29, 1.82) is 0 Å². The van der Waals surface area contributed by atoms with Gasteiger partial charge in [0.25, 0.3) is 0 Å². The second-order valence-electron chi connectivity index (χ2n) is 4.71. The van der Waals surface area contributed by atoms with E-state index in [1.165, 1.54) is 0 Å². The van der Waals surface area contributed by atoms with E-state index in [0.29, 0.717) is 11.4 Å². The van der Waals surface area contributed by atoms with Crippen LogP contribution in [0.25, 0.3) is 0 Å². The minimum atomic E-state index is -0.538. The zero-order valence-electron chi connectivity index (χ0n) is 10.3. The van der Waals surface area contributed by atoms with Crippen molar-refractivity contribution >= 4 is 43.5 Å². The monoisotopic (exact) mass is 416 g/mol. The highest BCUT2D eigenvalue weighted by atomic mass is 79.9. The van der Waals surface area contributed by atoms with Crippen LogP contribution in [0.5, 0.6) is 5.75 Å². The van der Waals surface area contributed by atoms with E-state index in [-0.39, 0.29) is 6.10 Å². The van der Waals surface area contributed by atoms with Crippen LogP contribution in [0.4, 0.5) is 0 Å². The molecule has 0 bridgehead atoms. The Labute approximate surface area is 139 Å². The highest BCUT2D eigenvalue weighted by molar-refractivity contribution is 9.10. The van der Waals surface area contributed by atoms with Gasteiger partial charge in [-0.1, -0.05) is 33.6 Å². The van der Waals surface area contributed by atoms with Crippen molar-refractivity contribution < 1.29 is 9.84 Å². The fourth-order valence-corrected chi connectivity index (χ4v) is 3.15. The summed E-state index contributed by atoms with van der Waals surface area (Å²) in [6.07, 6.45) is -0.213. The van der Waals surface area contributed by atoms with Gasteiger partial charge in [0.05, 0.1) is 11.1 Å². The van der Waals surface area contributed by atoms with E-state index in [1.54, 1.807) is 0 Å². The second-order valence-corrected chi connectivity index (χ2v) is 6.89. The van der Waals surface area contributed by atoms with E-state index in [0.717, 1.165) is 25.8 Å². The molecule has 2 aromatic carbocycles. The van der Waals surface area contributed by atoms with Crippen LogP contribution in [0, 0.1) is 0 Å². The average Bonchev–Trinajstić information content (AvgIpc) is 2.42. The number of hydrogen-bond acceptors (Lipinski definition) is 2. The van der Waals surface area contributed by atoms with Crippen LogP contribution < -0.4 is 4.74 Å². The summed E-state index contributed by atoms with van der Waals surface area (Å²) in [5.74, 6) is 0.719. The highest BCUT2D eigenvalue weighted by Crippen LogP contribution is 2.42. The molecule has 2 nitrogen and oxygen atoms in total. The number of hydrogen-bond donors (Lipinski definition) is 1. The van der Waals surface area contributed by atoms with Crippen LogP contribution in [-0.4, -0.2) is 5.11 Å². The molecule has 1 aliphatic rings. The Hall–Kier alpha value is -0.550. The van der Waals surface area contributed by atoms with E-state index in [2.05, 4.69) is 31.9 Å². The Bertz CT molecular complexity index is 660. The maximum absolute atomic E-state index is 10.3. The van der Waals surface area contributed by atoms with Gasteiger partial charge < -0.3 is 9.84 Å². The van der Waals surface area contributed by atoms with Gasteiger partial charge in [0, 0.05) is 20.9 Å². The van der Waals surface area contributed by atoms with Crippen molar-refractivity contribution in [2.45, 2.75) is 18.6 Å². The number of rotatable bonds is 1. The molecule has 0 fully saturated rings. The van der Waals surface area contributed by atoms with Crippen LogP contribution >= 0.6 is 43.5 Å². The lowest BCUT2D eigenvalue weighted by atomic mass is 9.95. The van der Waals surface area contributed by atoms with Gasteiger partial charge in [-0.2, -0.15) is 0 Å². The van der Waals surface area contributed by atoms with Crippen molar-refractivity contribution in [3.63, 3.8) is 0 Å². The smallest absolute Gasteiger partial charge is 0.127 e. The molecular weight excluding hydrogens is 407 g/mol. The molecule has 0 saturated heterocycles. The Morgan fingerprint density at radius 3 is 2.70 bits per heavy atom. The highest BCUT2D eigenvalue weighted by Gasteiger charge is 2.28. The van der Waals surface area contributed by atoms with Gasteiger partial charge in [-0.3, -0.25) is 0 Å². The summed E-state index contributed by atoms with van der Waals surface area (Å²) in [4.78, 5) is 0. The van der Waals surface area contributed by atoms with Gasteiger partial charge in [-0.05, 0) is 51.8 Å². The Kier molecular flexibility index (Phi) is 4.09. The Morgan fingerprint density at radius 2 is 1.95 bits per heavy atom. The summed E-state index contributed by atoms with van der Waals surface area (Å²) in [6, 6.07) is 11.4. The molecule has 0 spiro atoms. The molecule has 2 aromatic rings. The predicted octanol–water partition coefficient (Wildman–Crippen LogP) is 5.42. The number of fused-ring (bicyclic) bond motifs is 1. The third-order valence-corrected chi connectivity index (χ3v) is 5.08. The van der Waals surface area contributed by atoms with Crippen LogP contribution in [0.1, 0.15) is 29.8 Å². The van der Waals surface area contributed by atoms with E-state index < -0.39 is 6.10 Å². The zero-order chi connectivity index (χ0) is 14.3.